The maximum absolute atomic E-state index is 2.49. The molecule has 70 heavy (non-hydrogen) atoms. The Hall–Kier alpha value is -8.72. The number of fused-ring (bicyclic) bond motifs is 10. The van der Waals surface area contributed by atoms with Crippen molar-refractivity contribution < 1.29 is 0 Å². The molecule has 2 aliphatic carbocycles. The maximum atomic E-state index is 2.49. The molecule has 0 saturated carbocycles. The van der Waals surface area contributed by atoms with E-state index in [4.69, 9.17) is 0 Å². The first kappa shape index (κ1) is 40.4. The van der Waals surface area contributed by atoms with Gasteiger partial charge in [0.1, 0.15) is 0 Å². The molecule has 1 aromatic heterocycles. The lowest BCUT2D eigenvalue weighted by Crippen LogP contribution is -2.28. The van der Waals surface area contributed by atoms with Crippen LogP contribution in [0.2, 0.25) is 0 Å². The summed E-state index contributed by atoms with van der Waals surface area (Å²) in [5, 5.41) is 4.87. The third-order valence-corrected chi connectivity index (χ3v) is 15.6. The number of rotatable bonds is 7. The lowest BCUT2D eigenvalue weighted by atomic mass is 9.67. The molecule has 0 amide bonds. The van der Waals surface area contributed by atoms with Crippen LogP contribution in [0.25, 0.3) is 71.6 Å². The van der Waals surface area contributed by atoms with E-state index in [1.165, 1.54) is 99.3 Å². The van der Waals surface area contributed by atoms with Gasteiger partial charge in [-0.2, -0.15) is 0 Å². The van der Waals surface area contributed by atoms with E-state index in [1.54, 1.807) is 0 Å². The van der Waals surface area contributed by atoms with Crippen molar-refractivity contribution >= 4 is 49.6 Å². The van der Waals surface area contributed by atoms with E-state index in [9.17, 15) is 0 Å². The van der Waals surface area contributed by atoms with Crippen LogP contribution in [-0.4, -0.2) is 4.57 Å². The van der Waals surface area contributed by atoms with Gasteiger partial charge in [0.25, 0.3) is 0 Å². The van der Waals surface area contributed by atoms with E-state index in [-0.39, 0.29) is 5.41 Å². The van der Waals surface area contributed by atoms with Crippen molar-refractivity contribution in [3.05, 3.63) is 288 Å². The summed E-state index contributed by atoms with van der Waals surface area (Å²) < 4.78 is 2.44. The molecule has 12 aromatic rings. The monoisotopic (exact) mass is 892 g/mol. The SMILES string of the molecule is CC1(C)c2ccccc2-c2ccc(N(c3ccccc3)c3ccc4cc(-c5ccc6c(c5)c5cc(C7(c8ccccc8)c8ccccc8-c8ccccc87)ccc5n6-c5ccccc5)ccc4c3)cc21. The van der Waals surface area contributed by atoms with Crippen LogP contribution in [0, 0.1) is 0 Å². The average Bonchev–Trinajstić information content (AvgIpc) is 4.00. The van der Waals surface area contributed by atoms with Crippen LogP contribution in [0.4, 0.5) is 17.1 Å². The predicted octanol–water partition coefficient (Wildman–Crippen LogP) is 17.7. The van der Waals surface area contributed by atoms with Crippen molar-refractivity contribution in [1.29, 1.82) is 0 Å². The number of benzene rings is 11. The van der Waals surface area contributed by atoms with Crippen molar-refractivity contribution in [3.63, 3.8) is 0 Å². The summed E-state index contributed by atoms with van der Waals surface area (Å²) in [6, 6.07) is 94.8. The highest BCUT2D eigenvalue weighted by Gasteiger charge is 2.46. The second-order valence-electron chi connectivity index (χ2n) is 19.7. The minimum atomic E-state index is -0.488. The van der Waals surface area contributed by atoms with Crippen LogP contribution >= 0.6 is 0 Å². The Labute approximate surface area is 409 Å². The van der Waals surface area contributed by atoms with E-state index in [0.717, 1.165) is 22.7 Å². The molecular formula is C68H48N2. The molecule has 2 nitrogen and oxygen atoms in total. The molecule has 0 atom stereocenters. The Morgan fingerprint density at radius 2 is 0.829 bits per heavy atom. The Morgan fingerprint density at radius 3 is 1.54 bits per heavy atom. The maximum Gasteiger partial charge on any atom is 0.0713 e. The van der Waals surface area contributed by atoms with Crippen LogP contribution in [0.5, 0.6) is 0 Å². The Morgan fingerprint density at radius 1 is 0.329 bits per heavy atom. The summed E-state index contributed by atoms with van der Waals surface area (Å²) in [7, 11) is 0. The summed E-state index contributed by atoms with van der Waals surface area (Å²) >= 11 is 0. The summed E-state index contributed by atoms with van der Waals surface area (Å²) in [5.74, 6) is 0. The Balaban J connectivity index is 0.909. The van der Waals surface area contributed by atoms with Crippen molar-refractivity contribution in [3.8, 4) is 39.1 Å². The van der Waals surface area contributed by atoms with Crippen molar-refractivity contribution in [2.24, 2.45) is 0 Å². The van der Waals surface area contributed by atoms with E-state index >= 15 is 0 Å². The van der Waals surface area contributed by atoms with E-state index in [0.29, 0.717) is 0 Å². The van der Waals surface area contributed by atoms with Gasteiger partial charge >= 0.3 is 0 Å². The fraction of sp³-hybridized carbons (Fsp3) is 0.0588. The quantitative estimate of drug-likeness (QED) is 0.155. The molecule has 1 heterocycles. The average molecular weight is 893 g/mol. The van der Waals surface area contributed by atoms with Gasteiger partial charge in [0.15, 0.2) is 0 Å². The van der Waals surface area contributed by atoms with E-state index in [1.807, 2.05) is 0 Å². The molecule has 2 aliphatic rings. The lowest BCUT2D eigenvalue weighted by molar-refractivity contribution is 0.660. The van der Waals surface area contributed by atoms with E-state index < -0.39 is 5.41 Å². The molecule has 330 valence electrons. The number of anilines is 3. The molecule has 2 heteroatoms. The zero-order valence-corrected chi connectivity index (χ0v) is 39.1. The summed E-state index contributed by atoms with van der Waals surface area (Å²) in [6.07, 6.45) is 0. The minimum Gasteiger partial charge on any atom is -0.310 e. The first-order valence-electron chi connectivity index (χ1n) is 24.5. The third-order valence-electron chi connectivity index (χ3n) is 15.6. The highest BCUT2D eigenvalue weighted by atomic mass is 15.1. The number of aromatic nitrogens is 1. The number of para-hydroxylation sites is 2. The van der Waals surface area contributed by atoms with Gasteiger partial charge in [-0.25, -0.2) is 0 Å². The van der Waals surface area contributed by atoms with Gasteiger partial charge in [0.05, 0.1) is 16.4 Å². The minimum absolute atomic E-state index is 0.0927. The van der Waals surface area contributed by atoms with Crippen LogP contribution < -0.4 is 4.90 Å². The topological polar surface area (TPSA) is 8.17 Å². The Bertz CT molecular complexity index is 3980. The smallest absolute Gasteiger partial charge is 0.0713 e. The van der Waals surface area contributed by atoms with Gasteiger partial charge in [-0.05, 0) is 156 Å². The summed E-state index contributed by atoms with van der Waals surface area (Å²) in [5.41, 5.74) is 21.9. The third kappa shape index (κ3) is 5.87. The molecule has 0 fully saturated rings. The summed E-state index contributed by atoms with van der Waals surface area (Å²) in [6.45, 7) is 4.71. The highest BCUT2D eigenvalue weighted by Crippen LogP contribution is 2.57. The molecule has 0 spiro atoms. The highest BCUT2D eigenvalue weighted by molar-refractivity contribution is 6.11. The van der Waals surface area contributed by atoms with Crippen LogP contribution in [-0.2, 0) is 10.8 Å². The van der Waals surface area contributed by atoms with Gasteiger partial charge in [-0.3, -0.25) is 0 Å². The predicted molar refractivity (Wildman–Crippen MR) is 293 cm³/mol. The largest absolute Gasteiger partial charge is 0.310 e. The normalized spacial score (nSPS) is 13.8. The molecule has 0 N–H and O–H groups in total. The van der Waals surface area contributed by atoms with Gasteiger partial charge in [-0.15, -0.1) is 0 Å². The fourth-order valence-corrected chi connectivity index (χ4v) is 12.4. The van der Waals surface area contributed by atoms with E-state index in [2.05, 4.69) is 278 Å². The number of hydrogen-bond donors (Lipinski definition) is 0. The molecule has 11 aromatic carbocycles. The number of nitrogens with zero attached hydrogens (tertiary/aromatic N) is 2. The van der Waals surface area contributed by atoms with Crippen molar-refractivity contribution in [2.75, 3.05) is 4.90 Å². The first-order valence-corrected chi connectivity index (χ1v) is 24.5. The van der Waals surface area contributed by atoms with Crippen LogP contribution in [0.15, 0.2) is 255 Å². The molecular weight excluding hydrogens is 845 g/mol. The zero-order chi connectivity index (χ0) is 46.6. The Kier molecular flexibility index (Phi) is 8.88. The fourth-order valence-electron chi connectivity index (χ4n) is 12.4. The van der Waals surface area contributed by atoms with Crippen molar-refractivity contribution in [1.82, 2.24) is 4.57 Å². The van der Waals surface area contributed by atoms with Gasteiger partial charge < -0.3 is 9.47 Å². The standard InChI is InChI=1S/C68H48N2/c1-67(2)61-27-15-12-24-55(61)58-37-36-54(44-64(58)67)69(51-20-8-4-9-21-51)53-35-32-46-40-45(30-31-47(46)41-53)48-33-38-65-59(42-48)60-43-50(34-39-66(60)70(65)52-22-10-5-11-23-52)68(49-18-6-3-7-19-49)62-28-16-13-25-56(62)57-26-14-17-29-63(57)68/h3-44H,1-2H3. The van der Waals surface area contributed by atoms with Gasteiger partial charge in [0.2, 0.25) is 0 Å². The van der Waals surface area contributed by atoms with Crippen LogP contribution in [0.3, 0.4) is 0 Å². The van der Waals surface area contributed by atoms with Gasteiger partial charge in [-0.1, -0.05) is 190 Å². The lowest BCUT2D eigenvalue weighted by Gasteiger charge is -2.34. The molecule has 14 rings (SSSR count). The number of hydrogen-bond acceptors (Lipinski definition) is 1. The van der Waals surface area contributed by atoms with Crippen molar-refractivity contribution in [2.45, 2.75) is 24.7 Å². The van der Waals surface area contributed by atoms with Gasteiger partial charge in [0, 0.05) is 38.9 Å². The first-order chi connectivity index (χ1) is 34.5. The van der Waals surface area contributed by atoms with Crippen LogP contribution in [0.1, 0.15) is 47.2 Å². The molecule has 0 aliphatic heterocycles. The molecule has 0 radical (unpaired) electrons. The molecule has 0 unspecified atom stereocenters. The molecule has 0 saturated heterocycles. The zero-order valence-electron chi connectivity index (χ0n) is 39.1. The molecule has 0 bridgehead atoms. The second kappa shape index (κ2) is 15.4. The second-order valence-corrected chi connectivity index (χ2v) is 19.7. The summed E-state index contributed by atoms with van der Waals surface area (Å²) in [4.78, 5) is 2.40.